The van der Waals surface area contributed by atoms with Gasteiger partial charge < -0.3 is 20.1 Å². The molecule has 1 fully saturated rings. The minimum absolute atomic E-state index is 0.0981. The van der Waals surface area contributed by atoms with Gasteiger partial charge in [-0.05, 0) is 45.1 Å². The predicted molar refractivity (Wildman–Crippen MR) is 136 cm³/mol. The minimum atomic E-state index is -0.251. The van der Waals surface area contributed by atoms with Crippen LogP contribution in [0, 0.1) is 0 Å². The smallest absolute Gasteiger partial charge is 0.271 e. The Bertz CT molecular complexity index is 1280. The van der Waals surface area contributed by atoms with E-state index in [4.69, 9.17) is 11.6 Å². The number of amides is 2. The number of aromatic nitrogens is 4. The largest absolute Gasteiger partial charge is 0.361 e. The van der Waals surface area contributed by atoms with Gasteiger partial charge in [-0.3, -0.25) is 14.7 Å². The highest BCUT2D eigenvalue weighted by Gasteiger charge is 2.32. The zero-order valence-electron chi connectivity index (χ0n) is 19.5. The lowest BCUT2D eigenvalue weighted by Crippen LogP contribution is -2.60. The summed E-state index contributed by atoms with van der Waals surface area (Å²) in [5.74, 6) is 0.959. The van der Waals surface area contributed by atoms with Gasteiger partial charge in [0.05, 0.1) is 18.1 Å². The molecule has 34 heavy (non-hydrogen) atoms. The second-order valence-corrected chi connectivity index (χ2v) is 10.6. The van der Waals surface area contributed by atoms with E-state index in [1.807, 2.05) is 6.07 Å². The number of hydrogen-bond donors (Lipinski definition) is 3. The highest BCUT2D eigenvalue weighted by atomic mass is 79.9. The number of carbonyl (C=O) groups is 2. The number of anilines is 1. The van der Waals surface area contributed by atoms with Crippen molar-refractivity contribution in [2.45, 2.75) is 38.8 Å². The second kappa shape index (κ2) is 9.07. The molecule has 0 bridgehead atoms. The van der Waals surface area contributed by atoms with E-state index >= 15 is 0 Å². The maximum absolute atomic E-state index is 12.8. The SMILES string of the molecule is C=CC(=O)N1CC(NC(=O)c2c(Br)nc(CNc3n[nH]c4cc(Cl)c(C(C)(C)C)cc34)n2C)C1. The molecule has 4 rings (SSSR count). The summed E-state index contributed by atoms with van der Waals surface area (Å²) >= 11 is 9.88. The predicted octanol–water partition coefficient (Wildman–Crippen LogP) is 3.75. The molecule has 180 valence electrons. The highest BCUT2D eigenvalue weighted by Crippen LogP contribution is 2.34. The van der Waals surface area contributed by atoms with Gasteiger partial charge in [0.2, 0.25) is 5.91 Å². The number of rotatable bonds is 6. The van der Waals surface area contributed by atoms with Crippen LogP contribution in [-0.2, 0) is 23.8 Å². The lowest BCUT2D eigenvalue weighted by molar-refractivity contribution is -0.130. The monoisotopic (exact) mass is 547 g/mol. The van der Waals surface area contributed by atoms with Crippen LogP contribution in [0.5, 0.6) is 0 Å². The molecule has 3 N–H and O–H groups in total. The van der Waals surface area contributed by atoms with Crippen LogP contribution in [0.2, 0.25) is 5.02 Å². The summed E-state index contributed by atoms with van der Waals surface area (Å²) in [6.45, 7) is 11.1. The molecule has 0 spiro atoms. The van der Waals surface area contributed by atoms with Gasteiger partial charge in [0.1, 0.15) is 16.1 Å². The molecule has 0 atom stereocenters. The molecule has 2 aromatic heterocycles. The Morgan fingerprint density at radius 2 is 2.06 bits per heavy atom. The van der Waals surface area contributed by atoms with Crippen LogP contribution < -0.4 is 10.6 Å². The van der Waals surface area contributed by atoms with Gasteiger partial charge in [0.25, 0.3) is 5.91 Å². The highest BCUT2D eigenvalue weighted by molar-refractivity contribution is 9.10. The Hall–Kier alpha value is -2.85. The van der Waals surface area contributed by atoms with Gasteiger partial charge in [0.15, 0.2) is 5.82 Å². The van der Waals surface area contributed by atoms with E-state index in [9.17, 15) is 9.59 Å². The number of halogens is 2. The molecule has 1 aliphatic rings. The molecule has 3 aromatic rings. The number of nitrogens with zero attached hydrogens (tertiary/aromatic N) is 4. The summed E-state index contributed by atoms with van der Waals surface area (Å²) in [5, 5.41) is 15.3. The average molecular weight is 549 g/mol. The van der Waals surface area contributed by atoms with Crippen LogP contribution in [0.3, 0.4) is 0 Å². The molecule has 9 nitrogen and oxygen atoms in total. The van der Waals surface area contributed by atoms with Gasteiger partial charge in [-0.25, -0.2) is 4.98 Å². The van der Waals surface area contributed by atoms with Crippen LogP contribution in [0.1, 0.15) is 42.6 Å². The topological polar surface area (TPSA) is 108 Å². The molecule has 1 saturated heterocycles. The van der Waals surface area contributed by atoms with E-state index in [2.05, 4.69) is 75.2 Å². The van der Waals surface area contributed by atoms with E-state index in [0.717, 1.165) is 16.5 Å². The molecule has 11 heteroatoms. The number of H-pyrrole nitrogens is 1. The van der Waals surface area contributed by atoms with Crippen molar-refractivity contribution >= 4 is 56.1 Å². The first-order chi connectivity index (χ1) is 16.0. The van der Waals surface area contributed by atoms with E-state index in [0.29, 0.717) is 46.6 Å². The van der Waals surface area contributed by atoms with Crippen LogP contribution in [0.15, 0.2) is 29.4 Å². The van der Waals surface area contributed by atoms with Crippen molar-refractivity contribution in [1.29, 1.82) is 0 Å². The van der Waals surface area contributed by atoms with E-state index in [1.165, 1.54) is 6.08 Å². The third-order valence-corrected chi connectivity index (χ3v) is 6.80. The Kier molecular flexibility index (Phi) is 6.48. The van der Waals surface area contributed by atoms with Gasteiger partial charge in [-0.15, -0.1) is 0 Å². The molecule has 1 aromatic carbocycles. The fourth-order valence-electron chi connectivity index (χ4n) is 3.96. The first-order valence-electron chi connectivity index (χ1n) is 10.8. The number of aromatic amines is 1. The van der Waals surface area contributed by atoms with E-state index in [-0.39, 0.29) is 23.3 Å². The van der Waals surface area contributed by atoms with Crippen molar-refractivity contribution < 1.29 is 9.59 Å². The first-order valence-corrected chi connectivity index (χ1v) is 12.0. The third-order valence-electron chi connectivity index (χ3n) is 5.94. The van der Waals surface area contributed by atoms with E-state index in [1.54, 1.807) is 16.5 Å². The van der Waals surface area contributed by atoms with E-state index < -0.39 is 0 Å². The van der Waals surface area contributed by atoms with Crippen molar-refractivity contribution in [3.63, 3.8) is 0 Å². The number of fused-ring (bicyclic) bond motifs is 1. The lowest BCUT2D eigenvalue weighted by Gasteiger charge is -2.38. The fourth-order valence-corrected chi connectivity index (χ4v) is 5.05. The Morgan fingerprint density at radius 3 is 2.71 bits per heavy atom. The molecule has 3 heterocycles. The van der Waals surface area contributed by atoms with Gasteiger partial charge in [-0.2, -0.15) is 5.10 Å². The van der Waals surface area contributed by atoms with Gasteiger partial charge in [-0.1, -0.05) is 39.0 Å². The molecular weight excluding hydrogens is 522 g/mol. The van der Waals surface area contributed by atoms with Crippen LogP contribution in [0.25, 0.3) is 10.9 Å². The van der Waals surface area contributed by atoms with Gasteiger partial charge in [0, 0.05) is 30.5 Å². The number of nitrogens with one attached hydrogen (secondary N) is 3. The van der Waals surface area contributed by atoms with Crippen molar-refractivity contribution in [3.05, 3.63) is 51.5 Å². The van der Waals surface area contributed by atoms with Crippen molar-refractivity contribution in [3.8, 4) is 0 Å². The first kappa shape index (κ1) is 24.3. The molecule has 0 radical (unpaired) electrons. The van der Waals surface area contributed by atoms with Crippen LogP contribution in [-0.4, -0.2) is 55.6 Å². The summed E-state index contributed by atoms with van der Waals surface area (Å²) in [4.78, 5) is 30.6. The standard InChI is InChI=1S/C23H27BrClN7O2/c1-6-18(33)32-10-12(11-32)27-22(34)19-20(24)28-17(31(19)5)9-26-21-13-7-14(23(2,3)4)15(25)8-16(13)29-30-21/h6-8,12H,1,9-11H2,2-5H3,(H,27,34)(H2,26,29,30). The quantitative estimate of drug-likeness (QED) is 0.407. The Labute approximate surface area is 211 Å². The maximum Gasteiger partial charge on any atom is 0.271 e. The molecule has 1 aliphatic heterocycles. The number of hydrogen-bond acceptors (Lipinski definition) is 5. The molecule has 0 unspecified atom stereocenters. The molecule has 2 amide bonds. The van der Waals surface area contributed by atoms with Crippen molar-refractivity contribution in [1.82, 2.24) is 30.0 Å². The zero-order chi connectivity index (χ0) is 24.8. The second-order valence-electron chi connectivity index (χ2n) is 9.40. The average Bonchev–Trinajstić information content (AvgIpc) is 3.25. The summed E-state index contributed by atoms with van der Waals surface area (Å²) in [7, 11) is 1.79. The van der Waals surface area contributed by atoms with Crippen LogP contribution in [0.4, 0.5) is 5.82 Å². The third kappa shape index (κ3) is 4.56. The van der Waals surface area contributed by atoms with Gasteiger partial charge >= 0.3 is 0 Å². The lowest BCUT2D eigenvalue weighted by atomic mass is 9.86. The van der Waals surface area contributed by atoms with Crippen LogP contribution >= 0.6 is 27.5 Å². The molecular formula is C23H27BrClN7O2. The van der Waals surface area contributed by atoms with Crippen molar-refractivity contribution in [2.24, 2.45) is 7.05 Å². The molecule has 0 aliphatic carbocycles. The number of likely N-dealkylation sites (tertiary alicyclic amines) is 1. The summed E-state index contributed by atoms with van der Waals surface area (Å²) in [6, 6.07) is 3.84. The summed E-state index contributed by atoms with van der Waals surface area (Å²) in [5.41, 5.74) is 2.18. The molecule has 0 saturated carbocycles. The van der Waals surface area contributed by atoms with Crippen molar-refractivity contribution in [2.75, 3.05) is 18.4 Å². The minimum Gasteiger partial charge on any atom is -0.361 e. The Balaban J connectivity index is 1.47. The Morgan fingerprint density at radius 1 is 1.35 bits per heavy atom. The summed E-state index contributed by atoms with van der Waals surface area (Å²) < 4.78 is 2.20. The fraction of sp³-hybridized carbons (Fsp3) is 0.391. The zero-order valence-corrected chi connectivity index (χ0v) is 21.8. The number of carbonyl (C=O) groups excluding carboxylic acids is 2. The normalized spacial score (nSPS) is 14.2. The maximum atomic E-state index is 12.8. The number of benzene rings is 1. The number of imidazole rings is 1. The summed E-state index contributed by atoms with van der Waals surface area (Å²) in [6.07, 6.45) is 1.27.